The fourth-order valence-corrected chi connectivity index (χ4v) is 3.22. The summed E-state index contributed by atoms with van der Waals surface area (Å²) in [5, 5.41) is -0.330. The van der Waals surface area contributed by atoms with Gasteiger partial charge < -0.3 is 0 Å². The molecule has 1 aliphatic carbocycles. The third kappa shape index (κ3) is 1.92. The highest BCUT2D eigenvalue weighted by atomic mass is 32.2. The van der Waals surface area contributed by atoms with E-state index in [1.165, 1.54) is 5.56 Å². The fourth-order valence-electron chi connectivity index (χ4n) is 1.93. The van der Waals surface area contributed by atoms with Crippen molar-refractivity contribution in [1.29, 1.82) is 0 Å². The molecule has 0 N–H and O–H groups in total. The molecule has 2 rings (SSSR count). The molecule has 0 atom stereocenters. The number of rotatable bonds is 2. The van der Waals surface area contributed by atoms with Gasteiger partial charge in [0.15, 0.2) is 9.84 Å². The normalized spacial score (nSPS) is 15.8. The van der Waals surface area contributed by atoms with E-state index in [1.807, 2.05) is 24.3 Å². The minimum atomic E-state index is -3.08. The number of hydrogen-bond donors (Lipinski definition) is 0. The molecule has 3 heteroatoms. The van der Waals surface area contributed by atoms with E-state index in [9.17, 15) is 8.42 Å². The summed E-state index contributed by atoms with van der Waals surface area (Å²) in [6.45, 7) is 3.47. The third-order valence-electron chi connectivity index (χ3n) is 3.00. The second-order valence-electron chi connectivity index (χ2n) is 4.40. The van der Waals surface area contributed by atoms with Crippen LogP contribution in [0.4, 0.5) is 0 Å². The molecule has 0 spiro atoms. The average Bonchev–Trinajstić information content (AvgIpc) is 2.28. The van der Waals surface area contributed by atoms with E-state index in [-0.39, 0.29) is 5.25 Å². The van der Waals surface area contributed by atoms with Crippen LogP contribution in [0, 0.1) is 0 Å². The summed E-state index contributed by atoms with van der Waals surface area (Å²) in [7, 11) is -3.08. The first-order valence-corrected chi connectivity index (χ1v) is 7.09. The lowest BCUT2D eigenvalue weighted by Gasteiger charge is -2.18. The number of benzene rings is 1. The van der Waals surface area contributed by atoms with Crippen LogP contribution in [0.1, 0.15) is 31.4 Å². The van der Waals surface area contributed by atoms with E-state index in [0.717, 1.165) is 12.0 Å². The molecule has 0 aromatic heterocycles. The molecular formula is C13H16O2S. The summed E-state index contributed by atoms with van der Waals surface area (Å²) in [6.07, 6.45) is 3.29. The first-order chi connectivity index (χ1) is 7.51. The zero-order valence-electron chi connectivity index (χ0n) is 9.60. The molecule has 0 bridgehead atoms. The van der Waals surface area contributed by atoms with Gasteiger partial charge in [0.1, 0.15) is 0 Å². The Morgan fingerprint density at radius 1 is 1.12 bits per heavy atom. The molecule has 1 aromatic carbocycles. The van der Waals surface area contributed by atoms with Gasteiger partial charge in [-0.3, -0.25) is 0 Å². The van der Waals surface area contributed by atoms with Crippen molar-refractivity contribution < 1.29 is 8.42 Å². The van der Waals surface area contributed by atoms with Gasteiger partial charge in [0.2, 0.25) is 0 Å². The van der Waals surface area contributed by atoms with Crippen LogP contribution >= 0.6 is 0 Å². The first-order valence-electron chi connectivity index (χ1n) is 5.54. The minimum Gasteiger partial charge on any atom is -0.224 e. The molecule has 0 radical (unpaired) electrons. The van der Waals surface area contributed by atoms with Crippen LogP contribution in [0.3, 0.4) is 0 Å². The van der Waals surface area contributed by atoms with Gasteiger partial charge in [0, 0.05) is 4.91 Å². The van der Waals surface area contributed by atoms with Crippen molar-refractivity contribution in [2.75, 3.05) is 0 Å². The summed E-state index contributed by atoms with van der Waals surface area (Å²) >= 11 is 0. The Hall–Kier alpha value is -1.09. The monoisotopic (exact) mass is 236 g/mol. The SMILES string of the molecule is CC(C)S(=O)(=O)C1=Cc2ccccc2CC1. The van der Waals surface area contributed by atoms with Crippen LogP contribution in [0.15, 0.2) is 29.2 Å². The van der Waals surface area contributed by atoms with E-state index in [4.69, 9.17) is 0 Å². The lowest BCUT2D eigenvalue weighted by molar-refractivity contribution is 0.591. The number of allylic oxidation sites excluding steroid dienone is 1. The highest BCUT2D eigenvalue weighted by molar-refractivity contribution is 7.95. The number of sulfone groups is 1. The van der Waals surface area contributed by atoms with Gasteiger partial charge >= 0.3 is 0 Å². The molecule has 0 aliphatic heterocycles. The fraction of sp³-hybridized carbons (Fsp3) is 0.385. The van der Waals surface area contributed by atoms with Crippen molar-refractivity contribution in [2.45, 2.75) is 31.9 Å². The standard InChI is InChI=1S/C13H16O2S/c1-10(2)16(14,15)13-8-7-11-5-3-4-6-12(11)9-13/h3-6,9-10H,7-8H2,1-2H3. The Morgan fingerprint density at radius 2 is 1.81 bits per heavy atom. The predicted molar refractivity (Wildman–Crippen MR) is 66.8 cm³/mol. The molecule has 0 unspecified atom stereocenters. The van der Waals surface area contributed by atoms with E-state index < -0.39 is 9.84 Å². The highest BCUT2D eigenvalue weighted by Gasteiger charge is 2.24. The largest absolute Gasteiger partial charge is 0.224 e. The van der Waals surface area contributed by atoms with Crippen molar-refractivity contribution in [1.82, 2.24) is 0 Å². The van der Waals surface area contributed by atoms with E-state index in [1.54, 1.807) is 13.8 Å². The molecule has 0 fully saturated rings. The van der Waals surface area contributed by atoms with Crippen molar-refractivity contribution in [2.24, 2.45) is 0 Å². The summed E-state index contributed by atoms with van der Waals surface area (Å²) in [5.74, 6) is 0. The number of hydrogen-bond acceptors (Lipinski definition) is 2. The van der Waals surface area contributed by atoms with Gasteiger partial charge in [-0.05, 0) is 43.9 Å². The molecule has 16 heavy (non-hydrogen) atoms. The van der Waals surface area contributed by atoms with E-state index in [2.05, 4.69) is 6.07 Å². The van der Waals surface area contributed by atoms with Crippen LogP contribution in [-0.2, 0) is 16.3 Å². The molecule has 0 heterocycles. The average molecular weight is 236 g/mol. The van der Waals surface area contributed by atoms with Gasteiger partial charge in [-0.15, -0.1) is 0 Å². The van der Waals surface area contributed by atoms with Crippen LogP contribution in [0.25, 0.3) is 6.08 Å². The van der Waals surface area contributed by atoms with Crippen molar-refractivity contribution in [3.8, 4) is 0 Å². The molecule has 1 aliphatic rings. The second-order valence-corrected chi connectivity index (χ2v) is 6.96. The molecule has 0 amide bonds. The van der Waals surface area contributed by atoms with Crippen LogP contribution in [0.2, 0.25) is 0 Å². The number of fused-ring (bicyclic) bond motifs is 1. The quantitative estimate of drug-likeness (QED) is 0.791. The molecular weight excluding hydrogens is 220 g/mol. The minimum absolute atomic E-state index is 0.330. The summed E-state index contributed by atoms with van der Waals surface area (Å²) in [4.78, 5) is 0.584. The summed E-state index contributed by atoms with van der Waals surface area (Å²) in [6, 6.07) is 7.98. The van der Waals surface area contributed by atoms with Crippen LogP contribution < -0.4 is 0 Å². The molecule has 2 nitrogen and oxygen atoms in total. The lowest BCUT2D eigenvalue weighted by atomic mass is 9.98. The van der Waals surface area contributed by atoms with Crippen LogP contribution in [-0.4, -0.2) is 13.7 Å². The molecule has 0 saturated heterocycles. The van der Waals surface area contributed by atoms with Gasteiger partial charge in [-0.1, -0.05) is 24.3 Å². The summed E-state index contributed by atoms with van der Waals surface area (Å²) < 4.78 is 24.1. The predicted octanol–water partition coefficient (Wildman–Crippen LogP) is 2.80. The molecule has 86 valence electrons. The topological polar surface area (TPSA) is 34.1 Å². The number of aryl methyl sites for hydroxylation is 1. The van der Waals surface area contributed by atoms with Crippen LogP contribution in [0.5, 0.6) is 0 Å². The summed E-state index contributed by atoms with van der Waals surface area (Å²) in [5.41, 5.74) is 2.29. The van der Waals surface area contributed by atoms with E-state index >= 15 is 0 Å². The van der Waals surface area contributed by atoms with Gasteiger partial charge in [0.05, 0.1) is 5.25 Å². The van der Waals surface area contributed by atoms with Crippen molar-refractivity contribution >= 4 is 15.9 Å². The lowest BCUT2D eigenvalue weighted by Crippen LogP contribution is -2.18. The Bertz CT molecular complexity index is 525. The van der Waals surface area contributed by atoms with Crippen molar-refractivity contribution in [3.63, 3.8) is 0 Å². The first kappa shape index (κ1) is 11.4. The maximum Gasteiger partial charge on any atom is 0.176 e. The van der Waals surface area contributed by atoms with Gasteiger partial charge in [0.25, 0.3) is 0 Å². The van der Waals surface area contributed by atoms with Gasteiger partial charge in [-0.25, -0.2) is 8.42 Å². The maximum atomic E-state index is 12.0. The Labute approximate surface area is 96.9 Å². The zero-order chi connectivity index (χ0) is 11.8. The Morgan fingerprint density at radius 3 is 2.50 bits per heavy atom. The second kappa shape index (κ2) is 4.06. The highest BCUT2D eigenvalue weighted by Crippen LogP contribution is 2.28. The van der Waals surface area contributed by atoms with Gasteiger partial charge in [-0.2, -0.15) is 0 Å². The Balaban J connectivity index is 2.46. The molecule has 0 saturated carbocycles. The smallest absolute Gasteiger partial charge is 0.176 e. The zero-order valence-corrected chi connectivity index (χ0v) is 10.4. The Kier molecular flexibility index (Phi) is 2.89. The maximum absolute atomic E-state index is 12.0. The third-order valence-corrected chi connectivity index (χ3v) is 5.29. The van der Waals surface area contributed by atoms with E-state index in [0.29, 0.717) is 11.3 Å². The molecule has 1 aromatic rings. The van der Waals surface area contributed by atoms with Crippen molar-refractivity contribution in [3.05, 3.63) is 40.3 Å².